The molecule has 2 nitrogen and oxygen atoms in total. The first-order valence-electron chi connectivity index (χ1n) is 5.33. The Hall–Kier alpha value is -0.810. The Kier molecular flexibility index (Phi) is 5.71. The molecule has 0 spiro atoms. The van der Waals surface area contributed by atoms with Gasteiger partial charge >= 0.3 is 6.61 Å². The van der Waals surface area contributed by atoms with E-state index in [0.29, 0.717) is 11.3 Å². The molecule has 0 bridgehead atoms. The van der Waals surface area contributed by atoms with Crippen LogP contribution < -0.4 is 4.74 Å². The summed E-state index contributed by atoms with van der Waals surface area (Å²) in [5.41, 5.74) is 0.713. The maximum atomic E-state index is 12.2. The normalized spacial score (nSPS) is 14.7. The molecule has 0 aliphatic heterocycles. The fourth-order valence-corrected chi connectivity index (χ4v) is 2.15. The van der Waals surface area contributed by atoms with Crippen molar-refractivity contribution in [3.05, 3.63) is 29.8 Å². The number of aliphatic hydroxyl groups is 1. The summed E-state index contributed by atoms with van der Waals surface area (Å²) in [6.45, 7) is 0.792. The van der Waals surface area contributed by atoms with E-state index in [2.05, 4.69) is 4.74 Å². The van der Waals surface area contributed by atoms with Gasteiger partial charge in [0.1, 0.15) is 5.75 Å². The first-order valence-corrected chi connectivity index (χ1v) is 6.38. The van der Waals surface area contributed by atoms with Crippen LogP contribution in [0.3, 0.4) is 0 Å². The van der Waals surface area contributed by atoms with E-state index in [9.17, 15) is 13.9 Å². The molecule has 1 N–H and O–H groups in total. The number of thioether (sulfide) groups is 1. The minimum atomic E-state index is -2.81. The van der Waals surface area contributed by atoms with Gasteiger partial charge in [-0.3, -0.25) is 0 Å². The molecule has 0 aliphatic rings. The van der Waals surface area contributed by atoms with E-state index < -0.39 is 12.7 Å². The van der Waals surface area contributed by atoms with Crippen LogP contribution in [-0.2, 0) is 5.75 Å². The van der Waals surface area contributed by atoms with Crippen molar-refractivity contribution in [2.45, 2.75) is 37.6 Å². The number of aliphatic hydroxyl groups excluding tert-OH is 1. The average molecular weight is 262 g/mol. The van der Waals surface area contributed by atoms with Gasteiger partial charge in [-0.25, -0.2) is 0 Å². The molecule has 0 saturated heterocycles. The van der Waals surface area contributed by atoms with Gasteiger partial charge in [0.25, 0.3) is 0 Å². The van der Waals surface area contributed by atoms with Crippen molar-refractivity contribution < 1.29 is 18.6 Å². The lowest BCUT2D eigenvalue weighted by molar-refractivity contribution is -0.0503. The van der Waals surface area contributed by atoms with Crippen molar-refractivity contribution in [1.29, 1.82) is 0 Å². The van der Waals surface area contributed by atoms with E-state index in [4.69, 9.17) is 0 Å². The van der Waals surface area contributed by atoms with E-state index in [1.165, 1.54) is 17.8 Å². The summed E-state index contributed by atoms with van der Waals surface area (Å²) < 4.78 is 28.7. The van der Waals surface area contributed by atoms with Crippen molar-refractivity contribution in [2.24, 2.45) is 0 Å². The van der Waals surface area contributed by atoms with Crippen molar-refractivity contribution in [1.82, 2.24) is 0 Å². The predicted octanol–water partition coefficient (Wildman–Crippen LogP) is 3.29. The molecule has 17 heavy (non-hydrogen) atoms. The first kappa shape index (κ1) is 14.3. The second-order valence-corrected chi connectivity index (χ2v) is 5.11. The average Bonchev–Trinajstić information content (AvgIpc) is 2.26. The molecule has 0 aromatic heterocycles. The van der Waals surface area contributed by atoms with Crippen molar-refractivity contribution >= 4 is 11.8 Å². The molecule has 0 heterocycles. The number of benzene rings is 1. The van der Waals surface area contributed by atoms with Crippen molar-refractivity contribution in [3.8, 4) is 5.75 Å². The van der Waals surface area contributed by atoms with Gasteiger partial charge in [0.15, 0.2) is 0 Å². The lowest BCUT2D eigenvalue weighted by Crippen LogP contribution is -2.15. The van der Waals surface area contributed by atoms with Crippen LogP contribution in [0.15, 0.2) is 24.3 Å². The molecule has 0 saturated carbocycles. The molecular formula is C12H16F2O2S. The number of ether oxygens (including phenoxy) is 1. The van der Waals surface area contributed by atoms with E-state index in [1.807, 2.05) is 6.92 Å². The zero-order valence-corrected chi connectivity index (χ0v) is 10.6. The van der Waals surface area contributed by atoms with E-state index >= 15 is 0 Å². The zero-order valence-electron chi connectivity index (χ0n) is 9.77. The maximum Gasteiger partial charge on any atom is 0.387 e. The lowest BCUT2D eigenvalue weighted by atomic mass is 10.2. The highest BCUT2D eigenvalue weighted by Crippen LogP contribution is 2.27. The molecule has 1 aromatic rings. The van der Waals surface area contributed by atoms with Crippen LogP contribution in [0, 0.1) is 0 Å². The molecule has 0 amide bonds. The maximum absolute atomic E-state index is 12.2. The number of hydrogen-bond acceptors (Lipinski definition) is 3. The van der Waals surface area contributed by atoms with Crippen LogP contribution in [0.1, 0.15) is 19.4 Å². The van der Waals surface area contributed by atoms with Crippen molar-refractivity contribution in [2.75, 3.05) is 0 Å². The van der Waals surface area contributed by atoms with Gasteiger partial charge in [-0.15, -0.1) is 0 Å². The Morgan fingerprint density at radius 1 is 1.29 bits per heavy atom. The topological polar surface area (TPSA) is 29.5 Å². The highest BCUT2D eigenvalue weighted by Gasteiger charge is 2.13. The number of alkyl halides is 2. The minimum absolute atomic E-state index is 0.0506. The molecule has 2 atom stereocenters. The molecule has 0 aliphatic carbocycles. The standard InChI is InChI=1S/C12H16F2O2S/c1-8(15)9(2)17-7-10-5-3-4-6-11(10)16-12(13)14/h3-6,8-9,12,15H,7H2,1-2H3. The van der Waals surface area contributed by atoms with Gasteiger partial charge in [0.05, 0.1) is 6.10 Å². The highest BCUT2D eigenvalue weighted by molar-refractivity contribution is 7.99. The molecule has 1 aromatic carbocycles. The summed E-state index contributed by atoms with van der Waals surface area (Å²) in [6.07, 6.45) is -0.428. The largest absolute Gasteiger partial charge is 0.435 e. The van der Waals surface area contributed by atoms with Gasteiger partial charge < -0.3 is 9.84 Å². The fraction of sp³-hybridized carbons (Fsp3) is 0.500. The third kappa shape index (κ3) is 4.91. The third-order valence-electron chi connectivity index (χ3n) is 2.37. The van der Waals surface area contributed by atoms with Gasteiger partial charge in [0.2, 0.25) is 0 Å². The second kappa shape index (κ2) is 6.81. The third-order valence-corrected chi connectivity index (χ3v) is 3.77. The second-order valence-electron chi connectivity index (χ2n) is 3.74. The summed E-state index contributed by atoms with van der Waals surface area (Å²) in [7, 11) is 0. The Labute approximate surface area is 104 Å². The van der Waals surface area contributed by atoms with Gasteiger partial charge in [-0.2, -0.15) is 20.5 Å². The molecule has 0 radical (unpaired) electrons. The summed E-state index contributed by atoms with van der Waals surface area (Å²) in [4.78, 5) is 0. The molecular weight excluding hydrogens is 246 g/mol. The van der Waals surface area contributed by atoms with Gasteiger partial charge in [0, 0.05) is 16.6 Å². The zero-order chi connectivity index (χ0) is 12.8. The fourth-order valence-electron chi connectivity index (χ4n) is 1.19. The smallest absolute Gasteiger partial charge is 0.387 e. The van der Waals surface area contributed by atoms with E-state index in [1.54, 1.807) is 25.1 Å². The summed E-state index contributed by atoms with van der Waals surface area (Å²) in [6, 6.07) is 6.71. The minimum Gasteiger partial charge on any atom is -0.435 e. The van der Waals surface area contributed by atoms with E-state index in [-0.39, 0.29) is 11.0 Å². The van der Waals surface area contributed by atoms with Gasteiger partial charge in [-0.1, -0.05) is 25.1 Å². The molecule has 96 valence electrons. The van der Waals surface area contributed by atoms with Gasteiger partial charge in [-0.05, 0) is 13.0 Å². The summed E-state index contributed by atoms with van der Waals surface area (Å²) in [5, 5.41) is 9.39. The lowest BCUT2D eigenvalue weighted by Gasteiger charge is -2.15. The van der Waals surface area contributed by atoms with Crippen molar-refractivity contribution in [3.63, 3.8) is 0 Å². The number of para-hydroxylation sites is 1. The number of hydrogen-bond donors (Lipinski definition) is 1. The molecule has 1 rings (SSSR count). The molecule has 2 unspecified atom stereocenters. The Morgan fingerprint density at radius 3 is 2.53 bits per heavy atom. The first-order chi connectivity index (χ1) is 8.00. The van der Waals surface area contributed by atoms with Crippen LogP contribution >= 0.6 is 11.8 Å². The van der Waals surface area contributed by atoms with Crippen LogP contribution in [0.4, 0.5) is 8.78 Å². The van der Waals surface area contributed by atoms with Crippen LogP contribution in [0.5, 0.6) is 5.75 Å². The van der Waals surface area contributed by atoms with Crippen LogP contribution in [0.25, 0.3) is 0 Å². The summed E-state index contributed by atoms with van der Waals surface area (Å²) in [5.74, 6) is 0.738. The SMILES string of the molecule is CC(O)C(C)SCc1ccccc1OC(F)F. The number of halogens is 2. The predicted molar refractivity (Wildman–Crippen MR) is 65.5 cm³/mol. The Bertz CT molecular complexity index is 345. The Morgan fingerprint density at radius 2 is 1.94 bits per heavy atom. The summed E-state index contributed by atoms with van der Waals surface area (Å²) >= 11 is 1.50. The Balaban J connectivity index is 2.63. The van der Waals surface area contributed by atoms with E-state index in [0.717, 1.165) is 0 Å². The monoisotopic (exact) mass is 262 g/mol. The number of rotatable bonds is 6. The highest BCUT2D eigenvalue weighted by atomic mass is 32.2. The molecule has 5 heteroatoms. The molecule has 0 fully saturated rings. The van der Waals surface area contributed by atoms with Crippen LogP contribution in [0.2, 0.25) is 0 Å². The van der Waals surface area contributed by atoms with Crippen LogP contribution in [-0.4, -0.2) is 23.1 Å². The quantitative estimate of drug-likeness (QED) is 0.853.